The predicted molar refractivity (Wildman–Crippen MR) is 101 cm³/mol. The highest BCUT2D eigenvalue weighted by Gasteiger charge is 2.34. The fourth-order valence-electron chi connectivity index (χ4n) is 3.53. The fourth-order valence-corrected chi connectivity index (χ4v) is 3.53. The van der Waals surface area contributed by atoms with E-state index in [9.17, 15) is 9.90 Å². The van der Waals surface area contributed by atoms with Crippen molar-refractivity contribution >= 4 is 5.91 Å². The van der Waals surface area contributed by atoms with E-state index in [1.165, 1.54) is 6.33 Å². The van der Waals surface area contributed by atoms with Crippen LogP contribution in [0.15, 0.2) is 55.0 Å². The first-order chi connectivity index (χ1) is 13.7. The van der Waals surface area contributed by atoms with Crippen LogP contribution in [0, 0.1) is 5.92 Å². The molecule has 0 unspecified atom stereocenters. The summed E-state index contributed by atoms with van der Waals surface area (Å²) in [5.74, 6) is 0.251. The molecule has 3 aromatic rings. The molecule has 2 aromatic heterocycles. The predicted octanol–water partition coefficient (Wildman–Crippen LogP) is 1.10. The average molecular weight is 378 g/mol. The van der Waals surface area contributed by atoms with Crippen LogP contribution in [0.1, 0.15) is 24.1 Å². The third-order valence-corrected chi connectivity index (χ3v) is 5.13. The highest BCUT2D eigenvalue weighted by Crippen LogP contribution is 2.31. The van der Waals surface area contributed by atoms with E-state index in [-0.39, 0.29) is 24.0 Å². The van der Waals surface area contributed by atoms with Gasteiger partial charge in [0.1, 0.15) is 6.33 Å². The molecule has 0 spiro atoms. The largest absolute Gasteiger partial charge is 0.393 e. The quantitative estimate of drug-likeness (QED) is 0.638. The van der Waals surface area contributed by atoms with Crippen LogP contribution in [0.2, 0.25) is 0 Å². The van der Waals surface area contributed by atoms with E-state index in [0.29, 0.717) is 12.8 Å². The van der Waals surface area contributed by atoms with Gasteiger partial charge in [-0.15, -0.1) is 5.10 Å². The molecule has 0 saturated heterocycles. The van der Waals surface area contributed by atoms with Crippen molar-refractivity contribution in [1.29, 1.82) is 0 Å². The Kier molecular flexibility index (Phi) is 5.38. The molecule has 1 atom stereocenters. The highest BCUT2D eigenvalue weighted by atomic mass is 16.3. The molecule has 1 saturated carbocycles. The molecule has 0 radical (unpaired) electrons. The second-order valence-corrected chi connectivity index (χ2v) is 7.18. The van der Waals surface area contributed by atoms with Gasteiger partial charge in [0.15, 0.2) is 0 Å². The van der Waals surface area contributed by atoms with E-state index < -0.39 is 0 Å². The number of pyridine rings is 1. The van der Waals surface area contributed by atoms with Crippen LogP contribution in [0.4, 0.5) is 0 Å². The summed E-state index contributed by atoms with van der Waals surface area (Å²) in [4.78, 5) is 17.0. The van der Waals surface area contributed by atoms with Crippen LogP contribution in [0.25, 0.3) is 5.69 Å². The molecule has 144 valence electrons. The zero-order valence-corrected chi connectivity index (χ0v) is 15.3. The number of nitrogens with zero attached hydrogens (tertiary/aromatic N) is 5. The molecule has 4 rings (SSSR count). The number of benzene rings is 1. The minimum Gasteiger partial charge on any atom is -0.393 e. The SMILES string of the molecule is O=C(Cc1ccc(-n2cnnn2)cc1)N[C@H](Cc1ccccn1)C1CC(O)C1. The Bertz CT molecular complexity index is 892. The summed E-state index contributed by atoms with van der Waals surface area (Å²) in [5, 5.41) is 23.9. The number of amides is 1. The Balaban J connectivity index is 1.38. The highest BCUT2D eigenvalue weighted by molar-refractivity contribution is 5.79. The molecule has 1 aromatic carbocycles. The minimum absolute atomic E-state index is 0.0219. The second kappa shape index (κ2) is 8.26. The molecule has 1 aliphatic carbocycles. The van der Waals surface area contributed by atoms with Gasteiger partial charge in [-0.05, 0) is 59.0 Å². The number of hydrogen-bond acceptors (Lipinski definition) is 6. The molecule has 2 N–H and O–H groups in total. The lowest BCUT2D eigenvalue weighted by Gasteiger charge is -2.38. The van der Waals surface area contributed by atoms with Crippen molar-refractivity contribution in [2.75, 3.05) is 0 Å². The van der Waals surface area contributed by atoms with Crippen molar-refractivity contribution < 1.29 is 9.90 Å². The molecular formula is C20H22N6O2. The summed E-state index contributed by atoms with van der Waals surface area (Å²) in [7, 11) is 0. The van der Waals surface area contributed by atoms with Crippen LogP contribution in [0.3, 0.4) is 0 Å². The van der Waals surface area contributed by atoms with Crippen LogP contribution >= 0.6 is 0 Å². The van der Waals surface area contributed by atoms with Gasteiger partial charge < -0.3 is 10.4 Å². The fraction of sp³-hybridized carbons (Fsp3) is 0.350. The van der Waals surface area contributed by atoms with Gasteiger partial charge in [-0.1, -0.05) is 18.2 Å². The second-order valence-electron chi connectivity index (χ2n) is 7.18. The summed E-state index contributed by atoms with van der Waals surface area (Å²) < 4.78 is 1.56. The Hall–Kier alpha value is -3.13. The molecule has 0 bridgehead atoms. The van der Waals surface area contributed by atoms with Gasteiger partial charge in [0.25, 0.3) is 0 Å². The summed E-state index contributed by atoms with van der Waals surface area (Å²) in [6.45, 7) is 0. The van der Waals surface area contributed by atoms with Gasteiger partial charge in [-0.3, -0.25) is 9.78 Å². The minimum atomic E-state index is -0.257. The number of carbonyl (C=O) groups is 1. The number of aliphatic hydroxyl groups excluding tert-OH is 1. The molecule has 2 heterocycles. The molecule has 1 fully saturated rings. The lowest BCUT2D eigenvalue weighted by molar-refractivity contribution is -0.122. The molecule has 8 nitrogen and oxygen atoms in total. The maximum atomic E-state index is 12.6. The van der Waals surface area contributed by atoms with E-state index in [2.05, 4.69) is 25.8 Å². The Labute approximate surface area is 162 Å². The van der Waals surface area contributed by atoms with E-state index in [1.807, 2.05) is 42.5 Å². The van der Waals surface area contributed by atoms with Gasteiger partial charge in [-0.2, -0.15) is 0 Å². The summed E-state index contributed by atoms with van der Waals surface area (Å²) >= 11 is 0. The number of hydrogen-bond donors (Lipinski definition) is 2. The first kappa shape index (κ1) is 18.2. The Morgan fingerprint density at radius 3 is 2.68 bits per heavy atom. The standard InChI is InChI=1S/C20H22N6O2/c27-18-10-15(11-18)19(12-16-3-1-2-8-21-16)23-20(28)9-14-4-6-17(7-5-14)26-13-22-24-25-26/h1-8,13,15,18-19,27H,9-12H2,(H,23,28)/t15?,18?,19-/m1/s1. The van der Waals surface area contributed by atoms with Crippen LogP contribution in [-0.2, 0) is 17.6 Å². The average Bonchev–Trinajstić information content (AvgIpc) is 3.21. The smallest absolute Gasteiger partial charge is 0.224 e. The van der Waals surface area contributed by atoms with Gasteiger partial charge in [0.2, 0.25) is 5.91 Å². The summed E-state index contributed by atoms with van der Waals surface area (Å²) in [6, 6.07) is 13.3. The summed E-state index contributed by atoms with van der Waals surface area (Å²) in [5.41, 5.74) is 2.70. The maximum absolute atomic E-state index is 12.6. The van der Waals surface area contributed by atoms with Crippen molar-refractivity contribution in [2.45, 2.75) is 37.8 Å². The van der Waals surface area contributed by atoms with Crippen molar-refractivity contribution in [3.8, 4) is 5.69 Å². The van der Waals surface area contributed by atoms with E-state index >= 15 is 0 Å². The zero-order valence-electron chi connectivity index (χ0n) is 15.3. The third-order valence-electron chi connectivity index (χ3n) is 5.13. The van der Waals surface area contributed by atoms with Gasteiger partial charge in [0, 0.05) is 24.4 Å². The van der Waals surface area contributed by atoms with E-state index in [0.717, 1.165) is 29.8 Å². The first-order valence-corrected chi connectivity index (χ1v) is 9.37. The van der Waals surface area contributed by atoms with Crippen LogP contribution < -0.4 is 5.32 Å². The lowest BCUT2D eigenvalue weighted by Crippen LogP contribution is -2.48. The summed E-state index contributed by atoms with van der Waals surface area (Å²) in [6.07, 6.45) is 5.43. The maximum Gasteiger partial charge on any atom is 0.224 e. The number of nitrogens with one attached hydrogen (secondary N) is 1. The molecule has 0 aliphatic heterocycles. The van der Waals surface area contributed by atoms with Crippen molar-refractivity contribution in [2.24, 2.45) is 5.92 Å². The van der Waals surface area contributed by atoms with Crippen molar-refractivity contribution in [3.63, 3.8) is 0 Å². The molecule has 8 heteroatoms. The van der Waals surface area contributed by atoms with Gasteiger partial charge >= 0.3 is 0 Å². The Morgan fingerprint density at radius 1 is 1.21 bits per heavy atom. The molecule has 1 aliphatic rings. The first-order valence-electron chi connectivity index (χ1n) is 9.37. The van der Waals surface area contributed by atoms with E-state index in [4.69, 9.17) is 0 Å². The number of tetrazole rings is 1. The van der Waals surface area contributed by atoms with Gasteiger partial charge in [0.05, 0.1) is 18.2 Å². The van der Waals surface area contributed by atoms with Crippen LogP contribution in [0.5, 0.6) is 0 Å². The third kappa shape index (κ3) is 4.40. The molecule has 28 heavy (non-hydrogen) atoms. The van der Waals surface area contributed by atoms with Crippen molar-refractivity contribution in [3.05, 3.63) is 66.2 Å². The van der Waals surface area contributed by atoms with Gasteiger partial charge in [-0.25, -0.2) is 4.68 Å². The monoisotopic (exact) mass is 378 g/mol. The molecular weight excluding hydrogens is 356 g/mol. The number of aromatic nitrogens is 5. The lowest BCUT2D eigenvalue weighted by atomic mass is 9.76. The normalized spacial score (nSPS) is 19.6. The van der Waals surface area contributed by atoms with Crippen molar-refractivity contribution in [1.82, 2.24) is 30.5 Å². The number of aliphatic hydroxyl groups is 1. The van der Waals surface area contributed by atoms with E-state index in [1.54, 1.807) is 10.9 Å². The van der Waals surface area contributed by atoms with Crippen LogP contribution in [-0.4, -0.2) is 48.4 Å². The molecule has 1 amide bonds. The number of carbonyl (C=O) groups excluding carboxylic acids is 1. The number of rotatable bonds is 7. The Morgan fingerprint density at radius 2 is 2.04 bits per heavy atom. The zero-order chi connectivity index (χ0) is 19.3. The topological polar surface area (TPSA) is 106 Å².